The molecule has 6 heteroatoms. The van der Waals surface area contributed by atoms with Crippen LogP contribution < -0.4 is 0 Å². The van der Waals surface area contributed by atoms with Crippen LogP contribution in [0.25, 0.3) is 0 Å². The predicted molar refractivity (Wildman–Crippen MR) is 307 cm³/mol. The fraction of sp³-hybridized carbons (Fsp3) is 0.954. The van der Waals surface area contributed by atoms with Crippen LogP contribution in [0.1, 0.15) is 363 Å². The largest absolute Gasteiger partial charge is 0.462 e. The van der Waals surface area contributed by atoms with Crippen LogP contribution in [-0.4, -0.2) is 37.2 Å². The van der Waals surface area contributed by atoms with Gasteiger partial charge in [-0.1, -0.05) is 324 Å². The zero-order valence-electron chi connectivity index (χ0n) is 49.0. The van der Waals surface area contributed by atoms with Crippen LogP contribution in [0.4, 0.5) is 0 Å². The third-order valence-corrected chi connectivity index (χ3v) is 15.6. The Hall–Kier alpha value is -1.59. The lowest BCUT2D eigenvalue weighted by Crippen LogP contribution is -2.30. The zero-order valence-corrected chi connectivity index (χ0v) is 49.0. The molecule has 3 atom stereocenters. The summed E-state index contributed by atoms with van der Waals surface area (Å²) in [6.07, 6.45) is 60.9. The van der Waals surface area contributed by atoms with Crippen molar-refractivity contribution < 1.29 is 28.6 Å². The number of hydrogen-bond donors (Lipinski definition) is 0. The lowest BCUT2D eigenvalue weighted by atomic mass is 9.99. The van der Waals surface area contributed by atoms with Crippen LogP contribution in [0.3, 0.4) is 0 Å². The summed E-state index contributed by atoms with van der Waals surface area (Å²) in [6.45, 7) is 13.9. The summed E-state index contributed by atoms with van der Waals surface area (Å²) >= 11 is 0. The van der Waals surface area contributed by atoms with E-state index in [1.807, 2.05) is 0 Å². The lowest BCUT2D eigenvalue weighted by Gasteiger charge is -2.18. The fourth-order valence-electron chi connectivity index (χ4n) is 10.00. The standard InChI is InChI=1S/C65H126O6/c1-7-60(5)52-46-40-34-28-21-17-13-11-9-10-12-14-20-24-32-38-44-50-56-65(68)71-62(58-70-64(67)55-49-43-37-31-26-25-27-33-39-45-51-59(3)4)57-69-63(66)54-48-42-36-30-23-19-16-15-18-22-29-35-41-47-53-61(6)8-2/h59-62H,7-58H2,1-6H3/t60?,61?,62-/m0/s1. The molecule has 0 aromatic rings. The molecule has 0 aromatic carbocycles. The molecule has 0 spiro atoms. The SMILES string of the molecule is CCC(C)CCCCCCCCCCCCCCCCCCCCC(=O)O[C@@H](COC(=O)CCCCCCCCCCCCCCCCC(C)CC)COC(=O)CCCCCCCCCCCCC(C)C. The van der Waals surface area contributed by atoms with Gasteiger partial charge in [-0.05, 0) is 37.0 Å². The van der Waals surface area contributed by atoms with E-state index in [1.165, 1.54) is 244 Å². The summed E-state index contributed by atoms with van der Waals surface area (Å²) in [5.41, 5.74) is 0. The first-order chi connectivity index (χ1) is 34.7. The molecule has 0 heterocycles. The minimum atomic E-state index is -0.765. The van der Waals surface area contributed by atoms with Crippen LogP contribution in [0, 0.1) is 17.8 Å². The Labute approximate surface area is 444 Å². The second kappa shape index (κ2) is 56.1. The third kappa shape index (κ3) is 56.0. The van der Waals surface area contributed by atoms with Crippen molar-refractivity contribution >= 4 is 17.9 Å². The van der Waals surface area contributed by atoms with Crippen molar-refractivity contribution in [1.82, 2.24) is 0 Å². The van der Waals surface area contributed by atoms with Crippen molar-refractivity contribution in [3.8, 4) is 0 Å². The normalized spacial score (nSPS) is 12.9. The Morgan fingerprint density at radius 1 is 0.282 bits per heavy atom. The first kappa shape index (κ1) is 69.4. The van der Waals surface area contributed by atoms with Crippen LogP contribution in [0.2, 0.25) is 0 Å². The fourth-order valence-corrected chi connectivity index (χ4v) is 10.00. The van der Waals surface area contributed by atoms with E-state index in [4.69, 9.17) is 14.2 Å². The maximum absolute atomic E-state index is 12.9. The highest BCUT2D eigenvalue weighted by atomic mass is 16.6. The van der Waals surface area contributed by atoms with E-state index < -0.39 is 6.10 Å². The van der Waals surface area contributed by atoms with Crippen molar-refractivity contribution in [3.63, 3.8) is 0 Å². The molecule has 6 nitrogen and oxygen atoms in total. The van der Waals surface area contributed by atoms with E-state index in [0.29, 0.717) is 19.3 Å². The second-order valence-electron chi connectivity index (χ2n) is 23.4. The summed E-state index contributed by atoms with van der Waals surface area (Å²) in [4.78, 5) is 38.3. The molecule has 71 heavy (non-hydrogen) atoms. The van der Waals surface area contributed by atoms with E-state index >= 15 is 0 Å². The molecule has 2 unspecified atom stereocenters. The molecule has 0 saturated carbocycles. The number of unbranched alkanes of at least 4 members (excludes halogenated alkanes) is 39. The average Bonchev–Trinajstić information content (AvgIpc) is 3.36. The highest BCUT2D eigenvalue weighted by Crippen LogP contribution is 2.20. The van der Waals surface area contributed by atoms with Crippen LogP contribution >= 0.6 is 0 Å². The van der Waals surface area contributed by atoms with Crippen molar-refractivity contribution in [2.24, 2.45) is 17.8 Å². The van der Waals surface area contributed by atoms with Gasteiger partial charge in [-0.15, -0.1) is 0 Å². The van der Waals surface area contributed by atoms with Crippen LogP contribution in [0.5, 0.6) is 0 Å². The van der Waals surface area contributed by atoms with Gasteiger partial charge in [0.25, 0.3) is 0 Å². The number of rotatable bonds is 58. The first-order valence-corrected chi connectivity index (χ1v) is 32.2. The van der Waals surface area contributed by atoms with E-state index in [2.05, 4.69) is 41.5 Å². The van der Waals surface area contributed by atoms with Gasteiger partial charge in [0, 0.05) is 19.3 Å². The van der Waals surface area contributed by atoms with Gasteiger partial charge in [-0.3, -0.25) is 14.4 Å². The number of ether oxygens (including phenoxy) is 3. The van der Waals surface area contributed by atoms with Gasteiger partial charge >= 0.3 is 17.9 Å². The van der Waals surface area contributed by atoms with E-state index in [-0.39, 0.29) is 31.1 Å². The maximum Gasteiger partial charge on any atom is 0.306 e. The molecular weight excluding hydrogens is 877 g/mol. The minimum absolute atomic E-state index is 0.0628. The maximum atomic E-state index is 12.9. The Morgan fingerprint density at radius 2 is 0.493 bits per heavy atom. The topological polar surface area (TPSA) is 78.9 Å². The van der Waals surface area contributed by atoms with Crippen molar-refractivity contribution in [2.45, 2.75) is 369 Å². The molecule has 0 aliphatic heterocycles. The van der Waals surface area contributed by atoms with Gasteiger partial charge in [0.1, 0.15) is 13.2 Å². The molecule has 0 rings (SSSR count). The van der Waals surface area contributed by atoms with Gasteiger partial charge in [-0.25, -0.2) is 0 Å². The van der Waals surface area contributed by atoms with Crippen LogP contribution in [0.15, 0.2) is 0 Å². The minimum Gasteiger partial charge on any atom is -0.462 e. The van der Waals surface area contributed by atoms with Gasteiger partial charge in [0.2, 0.25) is 0 Å². The smallest absolute Gasteiger partial charge is 0.306 e. The second-order valence-corrected chi connectivity index (χ2v) is 23.4. The zero-order chi connectivity index (χ0) is 51.9. The number of hydrogen-bond acceptors (Lipinski definition) is 6. The van der Waals surface area contributed by atoms with E-state index in [9.17, 15) is 14.4 Å². The molecular formula is C65H126O6. The Kier molecular flexibility index (Phi) is 54.9. The monoisotopic (exact) mass is 1000 g/mol. The summed E-state index contributed by atoms with van der Waals surface area (Å²) in [5.74, 6) is 1.79. The van der Waals surface area contributed by atoms with Crippen molar-refractivity contribution in [3.05, 3.63) is 0 Å². The van der Waals surface area contributed by atoms with Crippen molar-refractivity contribution in [1.29, 1.82) is 0 Å². The van der Waals surface area contributed by atoms with Gasteiger partial charge in [0.15, 0.2) is 6.10 Å². The molecule has 422 valence electrons. The summed E-state index contributed by atoms with van der Waals surface area (Å²) in [7, 11) is 0. The summed E-state index contributed by atoms with van der Waals surface area (Å²) < 4.78 is 17.0. The summed E-state index contributed by atoms with van der Waals surface area (Å²) in [5, 5.41) is 0. The van der Waals surface area contributed by atoms with E-state index in [0.717, 1.165) is 75.5 Å². The predicted octanol–water partition coefficient (Wildman–Crippen LogP) is 21.5. The molecule has 0 amide bonds. The van der Waals surface area contributed by atoms with Gasteiger partial charge in [-0.2, -0.15) is 0 Å². The Bertz CT molecular complexity index is 1110. The molecule has 0 fully saturated rings. The number of carbonyl (C=O) groups excluding carboxylic acids is 3. The van der Waals surface area contributed by atoms with E-state index in [1.54, 1.807) is 0 Å². The highest BCUT2D eigenvalue weighted by Gasteiger charge is 2.19. The molecule has 0 saturated heterocycles. The molecule has 0 aliphatic carbocycles. The lowest BCUT2D eigenvalue weighted by molar-refractivity contribution is -0.167. The summed E-state index contributed by atoms with van der Waals surface area (Å²) in [6, 6.07) is 0. The highest BCUT2D eigenvalue weighted by molar-refractivity contribution is 5.71. The number of carbonyl (C=O) groups is 3. The van der Waals surface area contributed by atoms with Gasteiger partial charge in [0.05, 0.1) is 0 Å². The average molecular weight is 1000 g/mol. The van der Waals surface area contributed by atoms with Crippen LogP contribution in [-0.2, 0) is 28.6 Å². The first-order valence-electron chi connectivity index (χ1n) is 32.2. The molecule has 0 aromatic heterocycles. The molecule has 0 aliphatic rings. The quantitative estimate of drug-likeness (QED) is 0.0343. The molecule has 0 N–H and O–H groups in total. The Balaban J connectivity index is 4.26. The third-order valence-electron chi connectivity index (χ3n) is 15.6. The van der Waals surface area contributed by atoms with Crippen molar-refractivity contribution in [2.75, 3.05) is 13.2 Å². The Morgan fingerprint density at radius 3 is 0.732 bits per heavy atom. The molecule has 0 bridgehead atoms. The van der Waals surface area contributed by atoms with Gasteiger partial charge < -0.3 is 14.2 Å². The number of esters is 3. The molecule has 0 radical (unpaired) electrons.